The molecular formula is C11H8FN3OS. The van der Waals surface area contributed by atoms with Gasteiger partial charge in [0.2, 0.25) is 0 Å². The molecule has 0 spiro atoms. The van der Waals surface area contributed by atoms with Crippen LogP contribution in [0.15, 0.2) is 28.8 Å². The van der Waals surface area contributed by atoms with Gasteiger partial charge in [0.25, 0.3) is 0 Å². The van der Waals surface area contributed by atoms with Gasteiger partial charge >= 0.3 is 0 Å². The summed E-state index contributed by atoms with van der Waals surface area (Å²) < 4.78 is 18.7. The minimum absolute atomic E-state index is 0.259. The summed E-state index contributed by atoms with van der Waals surface area (Å²) in [5.41, 5.74) is 0.763. The number of aryl methyl sites for hydroxylation is 1. The van der Waals surface area contributed by atoms with Crippen LogP contribution in [-0.4, -0.2) is 10.1 Å². The van der Waals surface area contributed by atoms with Crippen LogP contribution in [0.1, 0.15) is 5.76 Å². The van der Waals surface area contributed by atoms with E-state index in [2.05, 4.69) is 15.5 Å². The number of thiazole rings is 1. The van der Waals surface area contributed by atoms with Gasteiger partial charge in [-0.1, -0.05) is 16.5 Å². The number of rotatable bonds is 2. The van der Waals surface area contributed by atoms with Gasteiger partial charge in [-0.2, -0.15) is 0 Å². The van der Waals surface area contributed by atoms with E-state index in [4.69, 9.17) is 4.52 Å². The Hall–Kier alpha value is -1.95. The molecule has 2 aromatic heterocycles. The van der Waals surface area contributed by atoms with E-state index in [1.165, 1.54) is 23.5 Å². The molecule has 0 fully saturated rings. The average molecular weight is 249 g/mol. The monoisotopic (exact) mass is 249 g/mol. The zero-order chi connectivity index (χ0) is 11.8. The maximum atomic E-state index is 13.0. The lowest BCUT2D eigenvalue weighted by Gasteiger charge is -1.92. The van der Waals surface area contributed by atoms with Crippen LogP contribution in [0.2, 0.25) is 0 Å². The van der Waals surface area contributed by atoms with Crippen molar-refractivity contribution in [1.82, 2.24) is 10.1 Å². The number of fused-ring (bicyclic) bond motifs is 1. The summed E-state index contributed by atoms with van der Waals surface area (Å²) >= 11 is 1.37. The van der Waals surface area contributed by atoms with Crippen molar-refractivity contribution in [2.24, 2.45) is 0 Å². The summed E-state index contributed by atoms with van der Waals surface area (Å²) in [7, 11) is 0. The Bertz CT molecular complexity index is 676. The molecule has 3 rings (SSSR count). The van der Waals surface area contributed by atoms with Crippen LogP contribution in [0, 0.1) is 12.7 Å². The highest BCUT2D eigenvalue weighted by Gasteiger charge is 2.07. The highest BCUT2D eigenvalue weighted by molar-refractivity contribution is 7.22. The van der Waals surface area contributed by atoms with Crippen LogP contribution < -0.4 is 5.32 Å². The highest BCUT2D eigenvalue weighted by atomic mass is 32.1. The van der Waals surface area contributed by atoms with Crippen LogP contribution in [0.25, 0.3) is 10.2 Å². The summed E-state index contributed by atoms with van der Waals surface area (Å²) in [6.07, 6.45) is 0. The summed E-state index contributed by atoms with van der Waals surface area (Å²) in [5, 5.41) is 7.48. The van der Waals surface area contributed by atoms with E-state index in [1.807, 2.05) is 6.92 Å². The van der Waals surface area contributed by atoms with Crippen LogP contribution in [0.3, 0.4) is 0 Å². The second kappa shape index (κ2) is 3.81. The van der Waals surface area contributed by atoms with E-state index in [0.29, 0.717) is 10.9 Å². The maximum Gasteiger partial charge on any atom is 0.189 e. The van der Waals surface area contributed by atoms with Crippen LogP contribution in [0.5, 0.6) is 0 Å². The van der Waals surface area contributed by atoms with Gasteiger partial charge in [-0.25, -0.2) is 9.37 Å². The second-order valence-corrected chi connectivity index (χ2v) is 4.61. The zero-order valence-electron chi connectivity index (χ0n) is 8.90. The lowest BCUT2D eigenvalue weighted by molar-refractivity contribution is 0.400. The molecule has 1 aromatic carbocycles. The Morgan fingerprint density at radius 1 is 1.35 bits per heavy atom. The summed E-state index contributed by atoms with van der Waals surface area (Å²) in [6, 6.07) is 6.28. The number of hydrogen-bond acceptors (Lipinski definition) is 5. The molecule has 0 saturated carbocycles. The molecule has 6 heteroatoms. The minimum Gasteiger partial charge on any atom is -0.360 e. The van der Waals surface area contributed by atoms with E-state index in [1.54, 1.807) is 12.1 Å². The van der Waals surface area contributed by atoms with Crippen molar-refractivity contribution in [3.8, 4) is 0 Å². The molecule has 0 unspecified atom stereocenters. The summed E-state index contributed by atoms with van der Waals surface area (Å²) in [4.78, 5) is 4.32. The van der Waals surface area contributed by atoms with Gasteiger partial charge in [0.1, 0.15) is 11.6 Å². The van der Waals surface area contributed by atoms with Crippen LogP contribution >= 0.6 is 11.3 Å². The molecular weight excluding hydrogens is 241 g/mol. The first-order valence-corrected chi connectivity index (χ1v) is 5.79. The smallest absolute Gasteiger partial charge is 0.189 e. The SMILES string of the molecule is Cc1cc(Nc2nc3ccc(F)cc3s2)no1. The van der Waals surface area contributed by atoms with Crippen molar-refractivity contribution >= 4 is 32.5 Å². The molecule has 0 aliphatic heterocycles. The Balaban J connectivity index is 1.95. The largest absolute Gasteiger partial charge is 0.360 e. The van der Waals surface area contributed by atoms with Crippen molar-refractivity contribution in [2.45, 2.75) is 6.92 Å². The molecule has 0 amide bonds. The molecule has 1 N–H and O–H groups in total. The van der Waals surface area contributed by atoms with E-state index in [9.17, 15) is 4.39 Å². The molecule has 3 aromatic rings. The predicted octanol–water partition coefficient (Wildman–Crippen LogP) is 3.48. The summed E-state index contributed by atoms with van der Waals surface area (Å²) in [5.74, 6) is 1.06. The quantitative estimate of drug-likeness (QED) is 0.755. The Morgan fingerprint density at radius 3 is 3.00 bits per heavy atom. The number of hydrogen-bond donors (Lipinski definition) is 1. The fourth-order valence-electron chi connectivity index (χ4n) is 1.49. The number of halogens is 1. The molecule has 0 aliphatic rings. The van der Waals surface area contributed by atoms with Gasteiger partial charge in [-0.15, -0.1) is 0 Å². The molecule has 4 nitrogen and oxygen atoms in total. The highest BCUT2D eigenvalue weighted by Crippen LogP contribution is 2.28. The third-order valence-electron chi connectivity index (χ3n) is 2.21. The third kappa shape index (κ3) is 1.99. The van der Waals surface area contributed by atoms with Gasteiger partial charge in [-0.05, 0) is 25.1 Å². The average Bonchev–Trinajstić information content (AvgIpc) is 2.84. The van der Waals surface area contributed by atoms with E-state index in [-0.39, 0.29) is 5.82 Å². The van der Waals surface area contributed by atoms with E-state index in [0.717, 1.165) is 16.0 Å². The first kappa shape index (κ1) is 10.2. The number of aromatic nitrogens is 2. The topological polar surface area (TPSA) is 51.0 Å². The van der Waals surface area contributed by atoms with Crippen molar-refractivity contribution in [3.63, 3.8) is 0 Å². The van der Waals surface area contributed by atoms with Gasteiger partial charge in [0.05, 0.1) is 10.2 Å². The molecule has 0 atom stereocenters. The van der Waals surface area contributed by atoms with Crippen LogP contribution in [0.4, 0.5) is 15.3 Å². The zero-order valence-corrected chi connectivity index (χ0v) is 9.71. The molecule has 0 aliphatic carbocycles. The number of anilines is 2. The van der Waals surface area contributed by atoms with Gasteiger partial charge in [0, 0.05) is 6.07 Å². The maximum absolute atomic E-state index is 13.0. The Morgan fingerprint density at radius 2 is 2.24 bits per heavy atom. The standard InChI is InChI=1S/C11H8FN3OS/c1-6-4-10(15-16-6)14-11-13-8-3-2-7(12)5-9(8)17-11/h2-5H,1H3,(H,13,14,15). The summed E-state index contributed by atoms with van der Waals surface area (Å²) in [6.45, 7) is 1.81. The molecule has 0 bridgehead atoms. The predicted molar refractivity (Wildman–Crippen MR) is 64.1 cm³/mol. The van der Waals surface area contributed by atoms with E-state index < -0.39 is 0 Å². The number of nitrogens with one attached hydrogen (secondary N) is 1. The lowest BCUT2D eigenvalue weighted by Crippen LogP contribution is -1.87. The molecule has 0 radical (unpaired) electrons. The van der Waals surface area contributed by atoms with Crippen molar-refractivity contribution < 1.29 is 8.91 Å². The van der Waals surface area contributed by atoms with Crippen molar-refractivity contribution in [1.29, 1.82) is 0 Å². The fraction of sp³-hybridized carbons (Fsp3) is 0.0909. The molecule has 2 heterocycles. The lowest BCUT2D eigenvalue weighted by atomic mass is 10.3. The molecule has 0 saturated heterocycles. The molecule has 17 heavy (non-hydrogen) atoms. The minimum atomic E-state index is -0.259. The molecule has 86 valence electrons. The third-order valence-corrected chi connectivity index (χ3v) is 3.15. The first-order chi connectivity index (χ1) is 8.20. The number of benzene rings is 1. The Kier molecular flexibility index (Phi) is 2.29. The van der Waals surface area contributed by atoms with Crippen LogP contribution in [-0.2, 0) is 0 Å². The first-order valence-electron chi connectivity index (χ1n) is 4.97. The van der Waals surface area contributed by atoms with Gasteiger partial charge in [-0.3, -0.25) is 0 Å². The second-order valence-electron chi connectivity index (χ2n) is 3.58. The number of nitrogens with zero attached hydrogens (tertiary/aromatic N) is 2. The van der Waals surface area contributed by atoms with Crippen molar-refractivity contribution in [3.05, 3.63) is 35.8 Å². The van der Waals surface area contributed by atoms with Gasteiger partial charge in [0.15, 0.2) is 10.9 Å². The normalized spacial score (nSPS) is 10.9. The Labute approximate surface area is 100 Å². The van der Waals surface area contributed by atoms with E-state index >= 15 is 0 Å². The van der Waals surface area contributed by atoms with Gasteiger partial charge < -0.3 is 9.84 Å². The fourth-order valence-corrected chi connectivity index (χ4v) is 2.38. The van der Waals surface area contributed by atoms with Crippen molar-refractivity contribution in [2.75, 3.05) is 5.32 Å².